The van der Waals surface area contributed by atoms with Crippen molar-refractivity contribution in [2.45, 2.75) is 18.9 Å². The van der Waals surface area contributed by atoms with Crippen molar-refractivity contribution in [2.75, 3.05) is 39.4 Å². The molecule has 132 valence electrons. The second-order valence-electron chi connectivity index (χ2n) is 6.16. The van der Waals surface area contributed by atoms with Gasteiger partial charge in [0.05, 0.1) is 18.8 Å². The van der Waals surface area contributed by atoms with Crippen molar-refractivity contribution in [1.29, 1.82) is 5.26 Å². The molecule has 0 unspecified atom stereocenters. The average Bonchev–Trinajstić information content (AvgIpc) is 2.68. The molecule has 1 aromatic rings. The monoisotopic (exact) mass is 343 g/mol. The molecule has 0 radical (unpaired) electrons. The van der Waals surface area contributed by atoms with Gasteiger partial charge in [-0.15, -0.1) is 0 Å². The molecule has 0 bridgehead atoms. The second-order valence-corrected chi connectivity index (χ2v) is 6.16. The van der Waals surface area contributed by atoms with Crippen molar-refractivity contribution in [1.82, 2.24) is 20.1 Å². The van der Waals surface area contributed by atoms with Crippen molar-refractivity contribution >= 4 is 11.9 Å². The van der Waals surface area contributed by atoms with Gasteiger partial charge in [0.25, 0.3) is 5.91 Å². The van der Waals surface area contributed by atoms with E-state index in [0.29, 0.717) is 45.0 Å². The molecule has 0 aromatic carbocycles. The summed E-state index contributed by atoms with van der Waals surface area (Å²) in [7, 11) is 0. The molecule has 3 rings (SSSR count). The SMILES string of the molecule is N#Cc1ccc(C(=O)NC2CCN(C(=O)N3CCOCC3)CC2)cn1. The van der Waals surface area contributed by atoms with Crippen LogP contribution in [0.1, 0.15) is 28.9 Å². The predicted octanol–water partition coefficient (Wildman–Crippen LogP) is 0.600. The fraction of sp³-hybridized carbons (Fsp3) is 0.529. The maximum atomic E-state index is 12.4. The highest BCUT2D eigenvalue weighted by molar-refractivity contribution is 5.94. The van der Waals surface area contributed by atoms with E-state index in [4.69, 9.17) is 10.00 Å². The summed E-state index contributed by atoms with van der Waals surface area (Å²) in [6.07, 6.45) is 2.86. The number of nitrogens with one attached hydrogen (secondary N) is 1. The van der Waals surface area contributed by atoms with Crippen LogP contribution < -0.4 is 5.32 Å². The first-order valence-corrected chi connectivity index (χ1v) is 8.46. The van der Waals surface area contributed by atoms with E-state index in [-0.39, 0.29) is 23.7 Å². The van der Waals surface area contributed by atoms with Gasteiger partial charge in [0, 0.05) is 38.4 Å². The average molecular weight is 343 g/mol. The Labute approximate surface area is 146 Å². The number of morpholine rings is 1. The van der Waals surface area contributed by atoms with E-state index in [2.05, 4.69) is 10.3 Å². The zero-order valence-electron chi connectivity index (χ0n) is 14.0. The summed E-state index contributed by atoms with van der Waals surface area (Å²) in [6.45, 7) is 3.73. The summed E-state index contributed by atoms with van der Waals surface area (Å²) in [5, 5.41) is 11.7. The number of hydrogen-bond donors (Lipinski definition) is 1. The molecule has 0 atom stereocenters. The summed E-state index contributed by atoms with van der Waals surface area (Å²) >= 11 is 0. The topological polar surface area (TPSA) is 98.6 Å². The first kappa shape index (κ1) is 17.2. The molecule has 8 nitrogen and oxygen atoms in total. The van der Waals surface area contributed by atoms with Gasteiger partial charge in [-0.05, 0) is 25.0 Å². The number of amides is 3. The molecule has 1 N–H and O–H groups in total. The largest absolute Gasteiger partial charge is 0.378 e. The van der Waals surface area contributed by atoms with Crippen LogP contribution in [0.15, 0.2) is 18.3 Å². The Morgan fingerprint density at radius 1 is 1.16 bits per heavy atom. The number of piperidine rings is 1. The third-order valence-corrected chi connectivity index (χ3v) is 4.52. The lowest BCUT2D eigenvalue weighted by atomic mass is 10.0. The molecule has 3 amide bonds. The van der Waals surface area contributed by atoms with Crippen LogP contribution in [0.5, 0.6) is 0 Å². The number of aromatic nitrogens is 1. The third kappa shape index (κ3) is 4.25. The Morgan fingerprint density at radius 3 is 2.44 bits per heavy atom. The van der Waals surface area contributed by atoms with Crippen molar-refractivity contribution in [3.63, 3.8) is 0 Å². The number of hydrogen-bond acceptors (Lipinski definition) is 5. The van der Waals surface area contributed by atoms with Crippen LogP contribution in [0.25, 0.3) is 0 Å². The Bertz CT molecular complexity index is 656. The Hall–Kier alpha value is -2.66. The highest BCUT2D eigenvalue weighted by Crippen LogP contribution is 2.14. The van der Waals surface area contributed by atoms with Crippen LogP contribution in [0.3, 0.4) is 0 Å². The minimum atomic E-state index is -0.199. The molecule has 2 aliphatic heterocycles. The maximum absolute atomic E-state index is 12.4. The number of carbonyl (C=O) groups excluding carboxylic acids is 2. The van der Waals surface area contributed by atoms with Crippen molar-refractivity contribution in [2.24, 2.45) is 0 Å². The fourth-order valence-electron chi connectivity index (χ4n) is 3.03. The molecule has 8 heteroatoms. The van der Waals surface area contributed by atoms with Crippen LogP contribution in [0, 0.1) is 11.3 Å². The maximum Gasteiger partial charge on any atom is 0.320 e. The van der Waals surface area contributed by atoms with Crippen LogP contribution in [0.4, 0.5) is 4.79 Å². The predicted molar refractivity (Wildman–Crippen MR) is 88.8 cm³/mol. The number of likely N-dealkylation sites (tertiary alicyclic amines) is 1. The van der Waals surface area contributed by atoms with Crippen molar-refractivity contribution in [3.05, 3.63) is 29.6 Å². The number of rotatable bonds is 2. The van der Waals surface area contributed by atoms with Crippen LogP contribution in [-0.4, -0.2) is 72.2 Å². The van der Waals surface area contributed by atoms with Crippen LogP contribution >= 0.6 is 0 Å². The minimum Gasteiger partial charge on any atom is -0.378 e. The Balaban J connectivity index is 1.47. The molecular formula is C17H21N5O3. The highest BCUT2D eigenvalue weighted by atomic mass is 16.5. The summed E-state index contributed by atoms with van der Waals surface area (Å²) < 4.78 is 5.27. The lowest BCUT2D eigenvalue weighted by Gasteiger charge is -2.37. The number of nitriles is 1. The van der Waals surface area contributed by atoms with Crippen LogP contribution in [-0.2, 0) is 4.74 Å². The van der Waals surface area contributed by atoms with E-state index in [1.54, 1.807) is 6.07 Å². The second kappa shape index (κ2) is 7.94. The molecule has 0 saturated carbocycles. The van der Waals surface area contributed by atoms with Gasteiger partial charge in [-0.3, -0.25) is 4.79 Å². The third-order valence-electron chi connectivity index (χ3n) is 4.52. The quantitative estimate of drug-likeness (QED) is 0.848. The first-order chi connectivity index (χ1) is 12.2. The van der Waals surface area contributed by atoms with E-state index < -0.39 is 0 Å². The highest BCUT2D eigenvalue weighted by Gasteiger charge is 2.28. The lowest BCUT2D eigenvalue weighted by Crippen LogP contribution is -2.52. The number of carbonyl (C=O) groups is 2. The molecule has 0 aliphatic carbocycles. The zero-order chi connectivity index (χ0) is 17.6. The normalized spacial score (nSPS) is 18.5. The lowest BCUT2D eigenvalue weighted by molar-refractivity contribution is 0.0407. The summed E-state index contributed by atoms with van der Waals surface area (Å²) in [5.74, 6) is -0.199. The number of pyridine rings is 1. The number of urea groups is 1. The molecule has 0 spiro atoms. The van der Waals surface area contributed by atoms with E-state index in [9.17, 15) is 9.59 Å². The summed E-state index contributed by atoms with van der Waals surface area (Å²) in [4.78, 5) is 32.3. The van der Waals surface area contributed by atoms with Crippen molar-refractivity contribution in [3.8, 4) is 6.07 Å². The van der Waals surface area contributed by atoms with Gasteiger partial charge in [-0.25, -0.2) is 9.78 Å². The van der Waals surface area contributed by atoms with Crippen LogP contribution in [0.2, 0.25) is 0 Å². The summed E-state index contributed by atoms with van der Waals surface area (Å²) in [6, 6.07) is 5.14. The zero-order valence-corrected chi connectivity index (χ0v) is 14.0. The Kier molecular flexibility index (Phi) is 5.46. The van der Waals surface area contributed by atoms with Gasteiger partial charge in [0.2, 0.25) is 0 Å². The van der Waals surface area contributed by atoms with E-state index >= 15 is 0 Å². The van der Waals surface area contributed by atoms with Gasteiger partial charge >= 0.3 is 6.03 Å². The first-order valence-electron chi connectivity index (χ1n) is 8.46. The molecule has 1 aromatic heterocycles. The molecule has 25 heavy (non-hydrogen) atoms. The molecule has 2 aliphatic rings. The van der Waals surface area contributed by atoms with Gasteiger partial charge < -0.3 is 19.9 Å². The van der Waals surface area contributed by atoms with E-state index in [1.165, 1.54) is 12.3 Å². The Morgan fingerprint density at radius 2 is 1.84 bits per heavy atom. The number of nitrogens with zero attached hydrogens (tertiary/aromatic N) is 4. The molecule has 3 heterocycles. The smallest absolute Gasteiger partial charge is 0.320 e. The van der Waals surface area contributed by atoms with Crippen molar-refractivity contribution < 1.29 is 14.3 Å². The standard InChI is InChI=1S/C17H21N5O3/c18-11-15-2-1-13(12-19-15)16(23)20-14-3-5-21(6-4-14)17(24)22-7-9-25-10-8-22/h1-2,12,14H,3-10H2,(H,20,23). The van der Waals surface area contributed by atoms with Gasteiger partial charge in [0.15, 0.2) is 0 Å². The number of ether oxygens (including phenoxy) is 1. The van der Waals surface area contributed by atoms with E-state index in [1.807, 2.05) is 15.9 Å². The van der Waals surface area contributed by atoms with Gasteiger partial charge in [-0.2, -0.15) is 5.26 Å². The van der Waals surface area contributed by atoms with Gasteiger partial charge in [0.1, 0.15) is 11.8 Å². The molecular weight excluding hydrogens is 322 g/mol. The molecule has 2 saturated heterocycles. The summed E-state index contributed by atoms with van der Waals surface area (Å²) in [5.41, 5.74) is 0.720. The minimum absolute atomic E-state index is 0.0388. The fourth-order valence-corrected chi connectivity index (χ4v) is 3.03. The van der Waals surface area contributed by atoms with Gasteiger partial charge in [-0.1, -0.05) is 0 Å². The van der Waals surface area contributed by atoms with E-state index in [0.717, 1.165) is 12.8 Å². The molecule has 2 fully saturated rings.